The Balaban J connectivity index is 2.12. The summed E-state index contributed by atoms with van der Waals surface area (Å²) in [5.41, 5.74) is 0.327. The molecule has 0 aromatic carbocycles. The Labute approximate surface area is 124 Å². The molecule has 6 heteroatoms. The number of amides is 2. The van der Waals surface area contributed by atoms with Crippen LogP contribution < -0.4 is 10.6 Å². The zero-order valence-corrected chi connectivity index (χ0v) is 12.8. The molecule has 0 atom stereocenters. The fraction of sp³-hybridized carbons (Fsp3) is 0.533. The first kappa shape index (κ1) is 15.4. The number of aromatic nitrogens is 1. The molecule has 0 radical (unpaired) electrons. The normalized spacial score (nSPS) is 18.4. The van der Waals surface area contributed by atoms with Gasteiger partial charge < -0.3 is 5.32 Å². The van der Waals surface area contributed by atoms with Crippen LogP contribution in [0.2, 0.25) is 0 Å². The van der Waals surface area contributed by atoms with E-state index in [2.05, 4.69) is 22.5 Å². The van der Waals surface area contributed by atoms with Gasteiger partial charge in [0.15, 0.2) is 0 Å². The summed E-state index contributed by atoms with van der Waals surface area (Å²) >= 11 is 0. The molecule has 2 amide bonds. The van der Waals surface area contributed by atoms with Gasteiger partial charge in [-0.2, -0.15) is 0 Å². The van der Waals surface area contributed by atoms with Crippen molar-refractivity contribution in [2.45, 2.75) is 39.3 Å². The second kappa shape index (κ2) is 6.22. The average Bonchev–Trinajstić information content (AvgIpc) is 2.43. The van der Waals surface area contributed by atoms with Crippen LogP contribution in [0.15, 0.2) is 18.3 Å². The van der Waals surface area contributed by atoms with E-state index in [9.17, 15) is 9.59 Å². The monoisotopic (exact) mass is 290 g/mol. The van der Waals surface area contributed by atoms with E-state index < -0.39 is 5.54 Å². The molecule has 0 saturated carbocycles. The van der Waals surface area contributed by atoms with E-state index in [-0.39, 0.29) is 18.4 Å². The van der Waals surface area contributed by atoms with Gasteiger partial charge in [-0.25, -0.2) is 4.98 Å². The number of imide groups is 1. The second-order valence-electron chi connectivity index (χ2n) is 5.77. The number of nitrogens with one attached hydrogen (secondary N) is 2. The number of rotatable bonds is 5. The number of hydrogen-bond acceptors (Lipinski definition) is 5. The van der Waals surface area contributed by atoms with Crippen molar-refractivity contribution in [3.63, 3.8) is 0 Å². The van der Waals surface area contributed by atoms with Crippen molar-refractivity contribution >= 4 is 17.6 Å². The van der Waals surface area contributed by atoms with E-state index in [0.717, 1.165) is 24.3 Å². The number of piperazine rings is 1. The van der Waals surface area contributed by atoms with Crippen LogP contribution >= 0.6 is 0 Å². The van der Waals surface area contributed by atoms with E-state index >= 15 is 0 Å². The van der Waals surface area contributed by atoms with Crippen LogP contribution in [-0.4, -0.2) is 40.3 Å². The second-order valence-corrected chi connectivity index (χ2v) is 5.77. The van der Waals surface area contributed by atoms with Gasteiger partial charge in [0.2, 0.25) is 11.8 Å². The summed E-state index contributed by atoms with van der Waals surface area (Å²) in [5.74, 6) is 0.315. The maximum Gasteiger partial charge on any atom is 0.246 e. The summed E-state index contributed by atoms with van der Waals surface area (Å²) in [4.78, 5) is 29.7. The summed E-state index contributed by atoms with van der Waals surface area (Å²) in [7, 11) is 0. The summed E-state index contributed by atoms with van der Waals surface area (Å²) < 4.78 is 0. The van der Waals surface area contributed by atoms with Crippen LogP contribution in [0.3, 0.4) is 0 Å². The smallest absolute Gasteiger partial charge is 0.246 e. The molecule has 1 aliphatic heterocycles. The Morgan fingerprint density at radius 1 is 1.43 bits per heavy atom. The Morgan fingerprint density at radius 3 is 2.90 bits per heavy atom. The van der Waals surface area contributed by atoms with Gasteiger partial charge in [-0.1, -0.05) is 6.92 Å². The van der Waals surface area contributed by atoms with E-state index in [0.29, 0.717) is 6.54 Å². The van der Waals surface area contributed by atoms with Crippen molar-refractivity contribution in [2.24, 2.45) is 0 Å². The Kier molecular flexibility index (Phi) is 4.57. The maximum absolute atomic E-state index is 11.9. The van der Waals surface area contributed by atoms with E-state index in [1.165, 1.54) is 0 Å². The maximum atomic E-state index is 11.9. The highest BCUT2D eigenvalue weighted by Crippen LogP contribution is 2.21. The van der Waals surface area contributed by atoms with E-state index in [1.807, 2.05) is 30.9 Å². The predicted molar refractivity (Wildman–Crippen MR) is 80.7 cm³/mol. The highest BCUT2D eigenvalue weighted by molar-refractivity contribution is 6.02. The molecule has 2 N–H and O–H groups in total. The molecule has 0 bridgehead atoms. The van der Waals surface area contributed by atoms with Crippen LogP contribution in [0.4, 0.5) is 5.82 Å². The largest absolute Gasteiger partial charge is 0.370 e. The average molecular weight is 290 g/mol. The van der Waals surface area contributed by atoms with Gasteiger partial charge in [0, 0.05) is 19.3 Å². The number of nitrogens with zero attached hydrogens (tertiary/aromatic N) is 2. The molecule has 114 valence electrons. The fourth-order valence-corrected chi connectivity index (χ4v) is 2.23. The molecular weight excluding hydrogens is 268 g/mol. The van der Waals surface area contributed by atoms with Crippen molar-refractivity contribution in [3.05, 3.63) is 23.9 Å². The lowest BCUT2D eigenvalue weighted by atomic mass is 9.98. The molecule has 1 aliphatic rings. The first-order valence-corrected chi connectivity index (χ1v) is 7.21. The molecule has 0 aliphatic carbocycles. The van der Waals surface area contributed by atoms with Crippen LogP contribution in [0.5, 0.6) is 0 Å². The van der Waals surface area contributed by atoms with Crippen LogP contribution in [-0.2, 0) is 16.1 Å². The zero-order valence-electron chi connectivity index (χ0n) is 12.8. The summed E-state index contributed by atoms with van der Waals surface area (Å²) in [6.45, 7) is 7.37. The van der Waals surface area contributed by atoms with Gasteiger partial charge in [-0.05, 0) is 38.0 Å². The third kappa shape index (κ3) is 3.58. The topological polar surface area (TPSA) is 74.3 Å². The molecule has 1 fully saturated rings. The Bertz CT molecular complexity index is 542. The number of carbonyl (C=O) groups is 2. The lowest BCUT2D eigenvalue weighted by Crippen LogP contribution is -2.63. The van der Waals surface area contributed by atoms with Crippen LogP contribution in [0, 0.1) is 0 Å². The lowest BCUT2D eigenvalue weighted by molar-refractivity contribution is -0.145. The molecule has 1 saturated heterocycles. The molecule has 6 nitrogen and oxygen atoms in total. The summed E-state index contributed by atoms with van der Waals surface area (Å²) in [5, 5.41) is 5.61. The summed E-state index contributed by atoms with van der Waals surface area (Å²) in [6.07, 6.45) is 2.77. The quantitative estimate of drug-likeness (QED) is 0.796. The Morgan fingerprint density at radius 2 is 2.19 bits per heavy atom. The van der Waals surface area contributed by atoms with E-state index in [1.54, 1.807) is 6.20 Å². The number of carbonyl (C=O) groups excluding carboxylic acids is 2. The molecular formula is C15H22N4O2. The van der Waals surface area contributed by atoms with Gasteiger partial charge in [0.1, 0.15) is 5.82 Å². The molecule has 0 spiro atoms. The minimum atomic E-state index is -0.700. The standard InChI is InChI=1S/C15H22N4O2/c1-4-6-16-12-8-11(5-7-17-12)9-19-10-13(20)18-14(21)15(19,2)3/h5,7-8H,4,6,9-10H2,1-3H3,(H,16,17)(H,18,20,21). The predicted octanol–water partition coefficient (Wildman–Crippen LogP) is 1.14. The van der Waals surface area contributed by atoms with Crippen LogP contribution in [0.25, 0.3) is 0 Å². The first-order chi connectivity index (χ1) is 9.93. The van der Waals surface area contributed by atoms with Gasteiger partial charge >= 0.3 is 0 Å². The SMILES string of the molecule is CCCNc1cc(CN2CC(=O)NC(=O)C2(C)C)ccn1. The summed E-state index contributed by atoms with van der Waals surface area (Å²) in [6, 6.07) is 3.87. The highest BCUT2D eigenvalue weighted by atomic mass is 16.2. The minimum absolute atomic E-state index is 0.221. The van der Waals surface area contributed by atoms with Gasteiger partial charge in [0.05, 0.1) is 12.1 Å². The van der Waals surface area contributed by atoms with Gasteiger partial charge in [0.25, 0.3) is 0 Å². The third-order valence-corrected chi connectivity index (χ3v) is 3.69. The number of anilines is 1. The molecule has 2 rings (SSSR count). The molecule has 0 unspecified atom stereocenters. The van der Waals surface area contributed by atoms with Crippen molar-refractivity contribution in [3.8, 4) is 0 Å². The van der Waals surface area contributed by atoms with E-state index in [4.69, 9.17) is 0 Å². The third-order valence-electron chi connectivity index (χ3n) is 3.69. The van der Waals surface area contributed by atoms with Crippen LogP contribution in [0.1, 0.15) is 32.8 Å². The highest BCUT2D eigenvalue weighted by Gasteiger charge is 2.40. The van der Waals surface area contributed by atoms with Crippen molar-refractivity contribution in [1.82, 2.24) is 15.2 Å². The first-order valence-electron chi connectivity index (χ1n) is 7.21. The Hall–Kier alpha value is -1.95. The molecule has 2 heterocycles. The number of pyridine rings is 1. The fourth-order valence-electron chi connectivity index (χ4n) is 2.23. The van der Waals surface area contributed by atoms with Crippen molar-refractivity contribution < 1.29 is 9.59 Å². The molecule has 1 aromatic heterocycles. The minimum Gasteiger partial charge on any atom is -0.370 e. The number of hydrogen-bond donors (Lipinski definition) is 2. The van der Waals surface area contributed by atoms with Crippen molar-refractivity contribution in [1.29, 1.82) is 0 Å². The zero-order chi connectivity index (χ0) is 15.5. The van der Waals surface area contributed by atoms with Gasteiger partial charge in [-0.15, -0.1) is 0 Å². The molecule has 1 aromatic rings. The van der Waals surface area contributed by atoms with Gasteiger partial charge in [-0.3, -0.25) is 19.8 Å². The van der Waals surface area contributed by atoms with Crippen molar-refractivity contribution in [2.75, 3.05) is 18.4 Å². The lowest BCUT2D eigenvalue weighted by Gasteiger charge is -2.40. The molecule has 21 heavy (non-hydrogen) atoms.